The molecule has 0 bridgehead atoms. The van der Waals surface area contributed by atoms with Gasteiger partial charge in [0.15, 0.2) is 20.5 Å². The SMILES string of the molecule is Cc1nc2nc(Cl)nc(S(=O)(=O)C(C)C)c2n1CCCCCCCCCCCCCCCC(=O)OCC1CC1. The molecule has 0 radical (unpaired) electrons. The minimum atomic E-state index is -3.61. The molecule has 0 saturated heterocycles. The van der Waals surface area contributed by atoms with Crippen LogP contribution in [-0.4, -0.2) is 45.8 Å². The van der Waals surface area contributed by atoms with Crippen LogP contribution in [0.2, 0.25) is 5.28 Å². The van der Waals surface area contributed by atoms with Gasteiger partial charge in [0.25, 0.3) is 0 Å². The molecule has 10 heteroatoms. The lowest BCUT2D eigenvalue weighted by molar-refractivity contribution is -0.144. The summed E-state index contributed by atoms with van der Waals surface area (Å²) < 4.78 is 33.0. The third-order valence-electron chi connectivity index (χ3n) is 7.56. The molecule has 3 rings (SSSR count). The summed E-state index contributed by atoms with van der Waals surface area (Å²) in [4.78, 5) is 24.3. The Morgan fingerprint density at radius 2 is 1.44 bits per heavy atom. The largest absolute Gasteiger partial charge is 0.465 e. The van der Waals surface area contributed by atoms with Crippen LogP contribution >= 0.6 is 11.6 Å². The van der Waals surface area contributed by atoms with Crippen molar-refractivity contribution in [3.8, 4) is 0 Å². The number of carbonyl (C=O) groups is 1. The van der Waals surface area contributed by atoms with Gasteiger partial charge in [-0.05, 0) is 64.0 Å². The average Bonchev–Trinajstić information content (AvgIpc) is 3.66. The van der Waals surface area contributed by atoms with Crippen molar-refractivity contribution in [2.75, 3.05) is 6.61 Å². The molecule has 1 saturated carbocycles. The molecular formula is C29H47ClN4O4S. The lowest BCUT2D eigenvalue weighted by Gasteiger charge is -2.12. The Bertz CT molecular complexity index is 1160. The number of hydrogen-bond donors (Lipinski definition) is 0. The monoisotopic (exact) mass is 582 g/mol. The minimum absolute atomic E-state index is 0.0153. The zero-order valence-electron chi connectivity index (χ0n) is 24.1. The van der Waals surface area contributed by atoms with E-state index in [-0.39, 0.29) is 16.3 Å². The van der Waals surface area contributed by atoms with Crippen LogP contribution in [0.4, 0.5) is 0 Å². The van der Waals surface area contributed by atoms with Crippen LogP contribution in [0.3, 0.4) is 0 Å². The first-order valence-corrected chi connectivity index (χ1v) is 16.9. The lowest BCUT2D eigenvalue weighted by atomic mass is 10.0. The number of carbonyl (C=O) groups excluding carboxylic acids is 1. The number of nitrogens with zero attached hydrogens (tertiary/aromatic N) is 4. The zero-order valence-corrected chi connectivity index (χ0v) is 25.7. The molecule has 2 aromatic rings. The van der Waals surface area contributed by atoms with Crippen molar-refractivity contribution in [1.82, 2.24) is 19.5 Å². The maximum absolute atomic E-state index is 12.9. The summed E-state index contributed by atoms with van der Waals surface area (Å²) in [7, 11) is -3.61. The van der Waals surface area contributed by atoms with E-state index in [1.165, 1.54) is 70.6 Å². The van der Waals surface area contributed by atoms with Crippen molar-refractivity contribution < 1.29 is 17.9 Å². The van der Waals surface area contributed by atoms with Gasteiger partial charge in [0, 0.05) is 13.0 Å². The second-order valence-corrected chi connectivity index (χ2v) is 14.1. The molecule has 8 nitrogen and oxygen atoms in total. The summed E-state index contributed by atoms with van der Waals surface area (Å²) in [5.41, 5.74) is 0.813. The Kier molecular flexibility index (Phi) is 13.0. The third-order valence-corrected chi connectivity index (χ3v) is 9.80. The van der Waals surface area contributed by atoms with Crippen LogP contribution < -0.4 is 0 Å². The van der Waals surface area contributed by atoms with Gasteiger partial charge in [0.1, 0.15) is 11.3 Å². The van der Waals surface area contributed by atoms with Gasteiger partial charge in [-0.25, -0.2) is 18.4 Å². The fourth-order valence-electron chi connectivity index (χ4n) is 4.83. The predicted molar refractivity (Wildman–Crippen MR) is 156 cm³/mol. The Morgan fingerprint density at radius 1 is 0.897 bits per heavy atom. The first kappa shape index (κ1) is 31.8. The molecule has 0 amide bonds. The average molecular weight is 583 g/mol. The van der Waals surface area contributed by atoms with E-state index in [9.17, 15) is 13.2 Å². The minimum Gasteiger partial charge on any atom is -0.465 e. The van der Waals surface area contributed by atoms with Gasteiger partial charge in [-0.2, -0.15) is 4.98 Å². The standard InChI is InChI=1S/C29H47ClN4O4S/c1-22(2)39(36,37)28-26-27(32-29(30)33-28)31-23(3)34(26)20-16-14-12-10-8-6-4-5-7-9-11-13-15-17-25(35)38-21-24-18-19-24/h22,24H,4-21H2,1-3H3. The molecule has 39 heavy (non-hydrogen) atoms. The third kappa shape index (κ3) is 10.3. The summed E-state index contributed by atoms with van der Waals surface area (Å²) in [6, 6.07) is 0. The number of esters is 1. The molecule has 220 valence electrons. The van der Waals surface area contributed by atoms with E-state index in [0.29, 0.717) is 36.7 Å². The van der Waals surface area contributed by atoms with Gasteiger partial charge in [-0.15, -0.1) is 0 Å². The second-order valence-electron chi connectivity index (χ2n) is 11.3. The number of imidazole rings is 1. The van der Waals surface area contributed by atoms with Crippen LogP contribution in [-0.2, 0) is 25.9 Å². The summed E-state index contributed by atoms with van der Waals surface area (Å²) in [5, 5.41) is -0.713. The number of aromatic nitrogens is 4. The van der Waals surface area contributed by atoms with Crippen LogP contribution in [0.15, 0.2) is 5.03 Å². The van der Waals surface area contributed by atoms with Gasteiger partial charge in [0.2, 0.25) is 5.28 Å². The molecule has 0 atom stereocenters. The van der Waals surface area contributed by atoms with Crippen molar-refractivity contribution in [2.24, 2.45) is 5.92 Å². The van der Waals surface area contributed by atoms with E-state index in [0.717, 1.165) is 31.5 Å². The van der Waals surface area contributed by atoms with Gasteiger partial charge in [0.05, 0.1) is 11.9 Å². The molecule has 0 unspecified atom stereocenters. The quantitative estimate of drug-likeness (QED) is 0.0693. The number of fused-ring (bicyclic) bond motifs is 1. The topological polar surface area (TPSA) is 104 Å². The lowest BCUT2D eigenvalue weighted by Crippen LogP contribution is -2.18. The van der Waals surface area contributed by atoms with Crippen LogP contribution in [0, 0.1) is 12.8 Å². The smallest absolute Gasteiger partial charge is 0.305 e. The molecule has 1 aliphatic carbocycles. The van der Waals surface area contributed by atoms with E-state index >= 15 is 0 Å². The predicted octanol–water partition coefficient (Wildman–Crippen LogP) is 7.38. The van der Waals surface area contributed by atoms with Crippen LogP contribution in [0.1, 0.15) is 122 Å². The molecule has 0 aromatic carbocycles. The number of unbranched alkanes of at least 4 members (excludes halogenated alkanes) is 12. The van der Waals surface area contributed by atoms with E-state index in [2.05, 4.69) is 15.0 Å². The fourth-order valence-corrected chi connectivity index (χ4v) is 6.18. The van der Waals surface area contributed by atoms with Crippen LogP contribution in [0.25, 0.3) is 11.2 Å². The second kappa shape index (κ2) is 15.9. The molecule has 0 N–H and O–H groups in total. The summed E-state index contributed by atoms with van der Waals surface area (Å²) in [5.74, 6) is 1.36. The molecular weight excluding hydrogens is 536 g/mol. The number of rotatable bonds is 20. The summed E-state index contributed by atoms with van der Waals surface area (Å²) in [6.45, 7) is 6.49. The Labute approximate surface area is 239 Å². The van der Waals surface area contributed by atoms with E-state index in [1.807, 2.05) is 11.5 Å². The van der Waals surface area contributed by atoms with Gasteiger partial charge in [-0.1, -0.05) is 70.6 Å². The van der Waals surface area contributed by atoms with Gasteiger partial charge < -0.3 is 9.30 Å². The number of aryl methyl sites for hydroxylation is 2. The van der Waals surface area contributed by atoms with Crippen molar-refractivity contribution in [1.29, 1.82) is 0 Å². The van der Waals surface area contributed by atoms with Gasteiger partial charge >= 0.3 is 5.97 Å². The molecule has 2 aromatic heterocycles. The number of hydrogen-bond acceptors (Lipinski definition) is 7. The molecule has 1 fully saturated rings. The first-order chi connectivity index (χ1) is 18.7. The van der Waals surface area contributed by atoms with Crippen molar-refractivity contribution in [3.63, 3.8) is 0 Å². The van der Waals surface area contributed by atoms with Crippen molar-refractivity contribution in [2.45, 2.75) is 140 Å². The molecule has 0 spiro atoms. The van der Waals surface area contributed by atoms with Gasteiger partial charge in [-0.3, -0.25) is 4.79 Å². The molecule has 0 aliphatic heterocycles. The molecule has 2 heterocycles. The highest BCUT2D eigenvalue weighted by atomic mass is 35.5. The zero-order chi connectivity index (χ0) is 28.3. The van der Waals surface area contributed by atoms with E-state index < -0.39 is 15.1 Å². The van der Waals surface area contributed by atoms with Crippen molar-refractivity contribution in [3.05, 3.63) is 11.1 Å². The highest BCUT2D eigenvalue weighted by Gasteiger charge is 2.28. The molecule has 1 aliphatic rings. The number of ether oxygens (including phenoxy) is 1. The summed E-state index contributed by atoms with van der Waals surface area (Å²) in [6.07, 6.45) is 18.5. The van der Waals surface area contributed by atoms with Crippen molar-refractivity contribution >= 4 is 38.6 Å². The fraction of sp³-hybridized carbons (Fsp3) is 0.793. The Hall–Kier alpha value is -1.74. The number of halogens is 1. The van der Waals surface area contributed by atoms with Crippen LogP contribution in [0.5, 0.6) is 0 Å². The normalized spacial score (nSPS) is 14.0. The number of sulfone groups is 1. The Balaban J connectivity index is 1.23. The van der Waals surface area contributed by atoms with E-state index in [4.69, 9.17) is 16.3 Å². The highest BCUT2D eigenvalue weighted by molar-refractivity contribution is 7.92. The van der Waals surface area contributed by atoms with E-state index in [1.54, 1.807) is 13.8 Å². The Morgan fingerprint density at radius 3 is 1.97 bits per heavy atom. The maximum atomic E-state index is 12.9. The summed E-state index contributed by atoms with van der Waals surface area (Å²) >= 11 is 6.01. The highest BCUT2D eigenvalue weighted by Crippen LogP contribution is 2.29. The first-order valence-electron chi connectivity index (χ1n) is 15.0. The maximum Gasteiger partial charge on any atom is 0.305 e.